The Kier molecular flexibility index (Phi) is 6.83. The van der Waals surface area contributed by atoms with E-state index in [-0.39, 0.29) is 30.3 Å². The largest absolute Gasteiger partial charge is 0.383 e. The minimum Gasteiger partial charge on any atom is -0.383 e. The second-order valence-electron chi connectivity index (χ2n) is 8.27. The van der Waals surface area contributed by atoms with Crippen LogP contribution in [-0.2, 0) is 14.3 Å². The standard InChI is InChI=1S/C24H29N3O3S/c1-17-8-10-18(11-9-17)21-15-20(22-7-4-14-31-22)25-27(21)23(28)16-26(12-13-30-2)24(29)19-5-3-6-19/h4,7-11,14,19,21H,3,5-6,12-13,15-16H2,1-2H3. The molecule has 0 spiro atoms. The van der Waals surface area contributed by atoms with Gasteiger partial charge in [-0.2, -0.15) is 5.10 Å². The van der Waals surface area contributed by atoms with Crippen molar-refractivity contribution < 1.29 is 14.3 Å². The average Bonchev–Trinajstić information content (AvgIpc) is 3.40. The first-order valence-corrected chi connectivity index (χ1v) is 11.7. The molecule has 0 radical (unpaired) electrons. The number of hydrazone groups is 1. The minimum absolute atomic E-state index is 0.0300. The van der Waals surface area contributed by atoms with Crippen molar-refractivity contribution in [1.82, 2.24) is 9.91 Å². The minimum atomic E-state index is -0.159. The summed E-state index contributed by atoms with van der Waals surface area (Å²) in [7, 11) is 1.61. The Labute approximate surface area is 187 Å². The van der Waals surface area contributed by atoms with Gasteiger partial charge in [0.05, 0.1) is 23.2 Å². The van der Waals surface area contributed by atoms with Gasteiger partial charge in [0.15, 0.2) is 0 Å². The SMILES string of the molecule is COCCN(CC(=O)N1N=C(c2cccs2)CC1c1ccc(C)cc1)C(=O)C1CCC1. The molecular formula is C24H29N3O3S. The number of carbonyl (C=O) groups excluding carboxylic acids is 2. The van der Waals surface area contributed by atoms with Crippen LogP contribution < -0.4 is 0 Å². The molecule has 2 amide bonds. The summed E-state index contributed by atoms with van der Waals surface area (Å²) in [5.41, 5.74) is 3.15. The van der Waals surface area contributed by atoms with Gasteiger partial charge in [0.2, 0.25) is 5.91 Å². The van der Waals surface area contributed by atoms with Gasteiger partial charge < -0.3 is 9.64 Å². The van der Waals surface area contributed by atoms with E-state index in [2.05, 4.69) is 31.2 Å². The van der Waals surface area contributed by atoms with Gasteiger partial charge in [0.1, 0.15) is 6.54 Å². The smallest absolute Gasteiger partial charge is 0.262 e. The van der Waals surface area contributed by atoms with Gasteiger partial charge in [-0.3, -0.25) is 9.59 Å². The first-order chi connectivity index (χ1) is 15.1. The zero-order valence-electron chi connectivity index (χ0n) is 18.1. The van der Waals surface area contributed by atoms with Gasteiger partial charge >= 0.3 is 0 Å². The van der Waals surface area contributed by atoms with Crippen LogP contribution in [0.4, 0.5) is 0 Å². The van der Waals surface area contributed by atoms with E-state index < -0.39 is 0 Å². The first kappa shape index (κ1) is 21.7. The van der Waals surface area contributed by atoms with Crippen LogP contribution in [0.15, 0.2) is 46.9 Å². The van der Waals surface area contributed by atoms with E-state index in [1.54, 1.807) is 28.4 Å². The van der Waals surface area contributed by atoms with E-state index >= 15 is 0 Å². The van der Waals surface area contributed by atoms with E-state index in [0.29, 0.717) is 19.6 Å². The number of methoxy groups -OCH3 is 1. The summed E-state index contributed by atoms with van der Waals surface area (Å²) >= 11 is 1.63. The Morgan fingerprint density at radius 1 is 1.23 bits per heavy atom. The van der Waals surface area contributed by atoms with Crippen LogP contribution in [0.5, 0.6) is 0 Å². The second-order valence-corrected chi connectivity index (χ2v) is 9.22. The molecule has 4 rings (SSSR count). The molecule has 1 aromatic carbocycles. The van der Waals surface area contributed by atoms with Crippen molar-refractivity contribution in [1.29, 1.82) is 0 Å². The molecule has 2 aromatic rings. The van der Waals surface area contributed by atoms with Gasteiger partial charge in [0.25, 0.3) is 5.91 Å². The number of carbonyl (C=O) groups is 2. The Balaban J connectivity index is 1.56. The number of nitrogens with zero attached hydrogens (tertiary/aromatic N) is 3. The highest BCUT2D eigenvalue weighted by Gasteiger charge is 2.36. The third-order valence-electron chi connectivity index (χ3n) is 6.09. The molecule has 1 atom stereocenters. The fourth-order valence-electron chi connectivity index (χ4n) is 4.00. The van der Waals surface area contributed by atoms with Gasteiger partial charge in [-0.1, -0.05) is 42.3 Å². The predicted octanol–water partition coefficient (Wildman–Crippen LogP) is 4.01. The van der Waals surface area contributed by atoms with Gasteiger partial charge in [0, 0.05) is 26.0 Å². The first-order valence-electron chi connectivity index (χ1n) is 10.8. The molecule has 1 aliphatic heterocycles. The lowest BCUT2D eigenvalue weighted by Crippen LogP contribution is -2.46. The topological polar surface area (TPSA) is 62.2 Å². The van der Waals surface area contributed by atoms with Crippen LogP contribution in [0.3, 0.4) is 0 Å². The number of ether oxygens (including phenoxy) is 1. The van der Waals surface area contributed by atoms with Crippen LogP contribution in [0, 0.1) is 12.8 Å². The number of hydrogen-bond donors (Lipinski definition) is 0. The zero-order valence-corrected chi connectivity index (χ0v) is 18.9. The highest BCUT2D eigenvalue weighted by atomic mass is 32.1. The van der Waals surface area contributed by atoms with Gasteiger partial charge in [-0.25, -0.2) is 5.01 Å². The fourth-order valence-corrected chi connectivity index (χ4v) is 4.72. The van der Waals surface area contributed by atoms with Crippen LogP contribution >= 0.6 is 11.3 Å². The summed E-state index contributed by atoms with van der Waals surface area (Å²) in [6, 6.07) is 12.1. The quantitative estimate of drug-likeness (QED) is 0.624. The molecule has 1 saturated carbocycles. The summed E-state index contributed by atoms with van der Waals surface area (Å²) < 4.78 is 5.18. The molecule has 1 aromatic heterocycles. The lowest BCUT2D eigenvalue weighted by Gasteiger charge is -2.32. The predicted molar refractivity (Wildman–Crippen MR) is 122 cm³/mol. The van der Waals surface area contributed by atoms with E-state index in [0.717, 1.165) is 35.4 Å². The molecule has 1 fully saturated rings. The third-order valence-corrected chi connectivity index (χ3v) is 7.01. The second kappa shape index (κ2) is 9.75. The lowest BCUT2D eigenvalue weighted by atomic mass is 9.84. The van der Waals surface area contributed by atoms with Crippen molar-refractivity contribution in [3.05, 3.63) is 57.8 Å². The Morgan fingerprint density at radius 2 is 2.00 bits per heavy atom. The van der Waals surface area contributed by atoms with Crippen molar-refractivity contribution in [2.45, 2.75) is 38.6 Å². The number of amides is 2. The van der Waals surface area contributed by atoms with Gasteiger partial charge in [-0.05, 0) is 36.8 Å². The van der Waals surface area contributed by atoms with Crippen molar-refractivity contribution >= 4 is 28.9 Å². The average molecular weight is 440 g/mol. The highest BCUT2D eigenvalue weighted by Crippen LogP contribution is 2.34. The van der Waals surface area contributed by atoms with Crippen molar-refractivity contribution in [3.63, 3.8) is 0 Å². The maximum absolute atomic E-state index is 13.4. The molecule has 0 N–H and O–H groups in total. The highest BCUT2D eigenvalue weighted by molar-refractivity contribution is 7.12. The molecule has 1 unspecified atom stereocenters. The molecule has 7 heteroatoms. The van der Waals surface area contributed by atoms with Crippen LogP contribution in [0.1, 0.15) is 47.7 Å². The lowest BCUT2D eigenvalue weighted by molar-refractivity contribution is -0.146. The van der Waals surface area contributed by atoms with Crippen molar-refractivity contribution in [3.8, 4) is 0 Å². The Bertz CT molecular complexity index is 935. The molecular weight excluding hydrogens is 410 g/mol. The van der Waals surface area contributed by atoms with Crippen LogP contribution in [0.25, 0.3) is 0 Å². The summed E-state index contributed by atoms with van der Waals surface area (Å²) in [4.78, 5) is 29.0. The maximum atomic E-state index is 13.4. The molecule has 6 nitrogen and oxygen atoms in total. The monoisotopic (exact) mass is 439 g/mol. The van der Waals surface area contributed by atoms with Crippen LogP contribution in [-0.4, -0.2) is 54.2 Å². The summed E-state index contributed by atoms with van der Waals surface area (Å²) in [5.74, 6) is -0.0487. The Morgan fingerprint density at radius 3 is 2.61 bits per heavy atom. The number of rotatable bonds is 8. The van der Waals surface area contributed by atoms with Gasteiger partial charge in [-0.15, -0.1) is 11.3 Å². The van der Waals surface area contributed by atoms with E-state index in [1.165, 1.54) is 5.56 Å². The molecule has 2 aliphatic rings. The number of hydrogen-bond acceptors (Lipinski definition) is 5. The van der Waals surface area contributed by atoms with Crippen LogP contribution in [0.2, 0.25) is 0 Å². The molecule has 164 valence electrons. The number of thiophene rings is 1. The molecule has 31 heavy (non-hydrogen) atoms. The molecule has 1 aliphatic carbocycles. The summed E-state index contributed by atoms with van der Waals surface area (Å²) in [6.45, 7) is 2.91. The fraction of sp³-hybridized carbons (Fsp3) is 0.458. The Hall–Kier alpha value is -2.51. The maximum Gasteiger partial charge on any atom is 0.262 e. The molecule has 2 heterocycles. The normalized spacial score (nSPS) is 18.6. The van der Waals surface area contributed by atoms with E-state index in [9.17, 15) is 9.59 Å². The molecule has 0 bridgehead atoms. The van der Waals surface area contributed by atoms with Crippen molar-refractivity contribution in [2.24, 2.45) is 11.0 Å². The molecule has 0 saturated heterocycles. The third kappa shape index (κ3) is 4.88. The van der Waals surface area contributed by atoms with E-state index in [1.807, 2.05) is 17.5 Å². The number of benzene rings is 1. The van der Waals surface area contributed by atoms with E-state index in [4.69, 9.17) is 9.84 Å². The summed E-state index contributed by atoms with van der Waals surface area (Å²) in [5, 5.41) is 8.34. The zero-order chi connectivity index (χ0) is 21.8. The number of aryl methyl sites for hydroxylation is 1. The summed E-state index contributed by atoms with van der Waals surface area (Å²) in [6.07, 6.45) is 3.57. The van der Waals surface area contributed by atoms with Crippen molar-refractivity contribution in [2.75, 3.05) is 26.8 Å².